The maximum absolute atomic E-state index is 10.4. The van der Waals surface area contributed by atoms with Crippen molar-refractivity contribution in [1.29, 1.82) is 5.26 Å². The number of nitriles is 1. The van der Waals surface area contributed by atoms with E-state index in [2.05, 4.69) is 119 Å². The second kappa shape index (κ2) is 19.0. The number of nitrogens with zero attached hydrogens (tertiary/aromatic N) is 1. The predicted octanol–water partition coefficient (Wildman–Crippen LogP) is 10.2. The van der Waals surface area contributed by atoms with Crippen LogP contribution in [0.3, 0.4) is 0 Å². The second-order valence-electron chi connectivity index (χ2n) is 14.1. The summed E-state index contributed by atoms with van der Waals surface area (Å²) in [5.41, 5.74) is 6.74. The second-order valence-corrected chi connectivity index (χ2v) is 14.1. The fourth-order valence-electron chi connectivity index (χ4n) is 6.64. The SMILES string of the molecule is C=C1/C=C/C[C@@H](C(C)C(C#N)CC2=CCC=CC=C2)CC(=C)C(CC(C)C)CC(=C)C(C)CNC(=C)[C@@H](Cc2ccc(OC)cc2)N1. The van der Waals surface area contributed by atoms with Crippen molar-refractivity contribution in [2.45, 2.75) is 78.7 Å². The van der Waals surface area contributed by atoms with Gasteiger partial charge in [-0.3, -0.25) is 0 Å². The summed E-state index contributed by atoms with van der Waals surface area (Å²) < 4.78 is 5.37. The van der Waals surface area contributed by atoms with Crippen LogP contribution < -0.4 is 15.4 Å². The molecule has 0 amide bonds. The number of benzene rings is 1. The third-order valence-electron chi connectivity index (χ3n) is 9.91. The molecule has 2 aliphatic rings. The lowest BCUT2D eigenvalue weighted by Gasteiger charge is -2.32. The molecule has 252 valence electrons. The van der Waals surface area contributed by atoms with Crippen molar-refractivity contribution in [3.05, 3.63) is 127 Å². The van der Waals surface area contributed by atoms with Crippen LogP contribution in [-0.4, -0.2) is 19.7 Å². The molecule has 1 aromatic carbocycles. The Morgan fingerprint density at radius 3 is 2.40 bits per heavy atom. The fourth-order valence-corrected chi connectivity index (χ4v) is 6.64. The largest absolute Gasteiger partial charge is 0.497 e. The number of ether oxygens (including phenoxy) is 1. The molecule has 1 aromatic rings. The summed E-state index contributed by atoms with van der Waals surface area (Å²) in [4.78, 5) is 0. The Balaban J connectivity index is 1.91. The molecule has 0 bridgehead atoms. The fraction of sp³-hybridized carbons (Fsp3) is 0.465. The lowest BCUT2D eigenvalue weighted by Crippen LogP contribution is -2.38. The van der Waals surface area contributed by atoms with E-state index in [1.165, 1.54) is 22.3 Å². The van der Waals surface area contributed by atoms with Gasteiger partial charge in [-0.15, -0.1) is 0 Å². The van der Waals surface area contributed by atoms with Crippen LogP contribution in [0.4, 0.5) is 0 Å². The topological polar surface area (TPSA) is 57.1 Å². The molecule has 4 heteroatoms. The molecule has 4 unspecified atom stereocenters. The van der Waals surface area contributed by atoms with E-state index in [0.29, 0.717) is 11.8 Å². The number of allylic oxidation sites excluding steroid dienone is 9. The zero-order chi connectivity index (χ0) is 34.3. The smallest absolute Gasteiger partial charge is 0.118 e. The first kappa shape index (κ1) is 37.5. The van der Waals surface area contributed by atoms with E-state index < -0.39 is 0 Å². The van der Waals surface area contributed by atoms with Gasteiger partial charge in [0.15, 0.2) is 0 Å². The Bertz CT molecular complexity index is 1380. The first-order chi connectivity index (χ1) is 22.5. The van der Waals surface area contributed by atoms with Crippen molar-refractivity contribution in [2.24, 2.45) is 35.5 Å². The average molecular weight is 634 g/mol. The van der Waals surface area contributed by atoms with Gasteiger partial charge in [0.25, 0.3) is 0 Å². The van der Waals surface area contributed by atoms with Crippen molar-refractivity contribution in [2.75, 3.05) is 13.7 Å². The molecule has 4 nitrogen and oxygen atoms in total. The van der Waals surface area contributed by atoms with Crippen LogP contribution in [0.5, 0.6) is 5.75 Å². The number of rotatable bonds is 9. The van der Waals surface area contributed by atoms with Gasteiger partial charge in [0.2, 0.25) is 0 Å². The standard InChI is InChI=1S/C43H59N3O/c1-30(2)23-40-24-31(3)33(5)29-45-36(8)43(27-38-19-21-42(47-9)22-20-38)46-34(6)15-14-18-39(25-32(40)4)35(7)41(28-44)26-37-16-12-10-11-13-17-37/h10-12,14-17,19-22,30,33,35,39-41,43,45-46H,3-4,6,8,13,18,23-27,29H2,1-2,5,7,9H3/b15-14+/t33?,35?,39-,40?,41?,43-/m1/s1. The summed E-state index contributed by atoms with van der Waals surface area (Å²) in [7, 11) is 1.69. The third kappa shape index (κ3) is 12.3. The highest BCUT2D eigenvalue weighted by Gasteiger charge is 2.29. The normalized spacial score (nSPS) is 25.2. The lowest BCUT2D eigenvalue weighted by molar-refractivity contribution is 0.277. The van der Waals surface area contributed by atoms with E-state index in [-0.39, 0.29) is 29.7 Å². The van der Waals surface area contributed by atoms with Crippen molar-refractivity contribution in [3.63, 3.8) is 0 Å². The highest BCUT2D eigenvalue weighted by Crippen LogP contribution is 2.38. The van der Waals surface area contributed by atoms with Gasteiger partial charge in [-0.1, -0.05) is 119 Å². The Morgan fingerprint density at radius 1 is 0.979 bits per heavy atom. The van der Waals surface area contributed by atoms with E-state index >= 15 is 0 Å². The van der Waals surface area contributed by atoms with Gasteiger partial charge in [-0.05, 0) is 98.3 Å². The monoisotopic (exact) mass is 633 g/mol. The number of nitrogens with one attached hydrogen (secondary N) is 2. The van der Waals surface area contributed by atoms with E-state index in [1.54, 1.807) is 7.11 Å². The molecule has 1 aliphatic carbocycles. The molecule has 0 radical (unpaired) electrons. The Hall–Kier alpha value is -3.97. The molecule has 0 aromatic heterocycles. The van der Waals surface area contributed by atoms with Crippen molar-refractivity contribution >= 4 is 0 Å². The maximum Gasteiger partial charge on any atom is 0.118 e. The summed E-state index contributed by atoms with van der Waals surface area (Å²) in [5, 5.41) is 17.7. The zero-order valence-electron chi connectivity index (χ0n) is 29.7. The van der Waals surface area contributed by atoms with Crippen LogP contribution in [0.1, 0.15) is 71.8 Å². The lowest BCUT2D eigenvalue weighted by atomic mass is 9.73. The van der Waals surface area contributed by atoms with E-state index in [9.17, 15) is 5.26 Å². The summed E-state index contributed by atoms with van der Waals surface area (Å²) >= 11 is 0. The number of methoxy groups -OCH3 is 1. The maximum atomic E-state index is 10.4. The molecular formula is C43H59N3O. The van der Waals surface area contributed by atoms with Crippen LogP contribution in [-0.2, 0) is 6.42 Å². The summed E-state index contributed by atoms with van der Waals surface area (Å²) in [6.45, 7) is 28.0. The summed E-state index contributed by atoms with van der Waals surface area (Å²) in [6.07, 6.45) is 21.3. The predicted molar refractivity (Wildman–Crippen MR) is 201 cm³/mol. The van der Waals surface area contributed by atoms with Crippen molar-refractivity contribution < 1.29 is 4.74 Å². The highest BCUT2D eigenvalue weighted by molar-refractivity contribution is 5.30. The molecule has 0 fully saturated rings. The number of hydrogen-bond acceptors (Lipinski definition) is 4. The molecule has 47 heavy (non-hydrogen) atoms. The van der Waals surface area contributed by atoms with Gasteiger partial charge in [-0.25, -0.2) is 0 Å². The minimum absolute atomic E-state index is 0.0459. The Kier molecular flexibility index (Phi) is 15.2. The molecule has 3 rings (SSSR count). The Labute approximate surface area is 286 Å². The van der Waals surface area contributed by atoms with Crippen molar-refractivity contribution in [1.82, 2.24) is 10.6 Å². The summed E-state index contributed by atoms with van der Waals surface area (Å²) in [5.74, 6) is 2.44. The highest BCUT2D eigenvalue weighted by atomic mass is 16.5. The van der Waals surface area contributed by atoms with Crippen LogP contribution in [0, 0.1) is 46.8 Å². The minimum Gasteiger partial charge on any atom is -0.497 e. The molecule has 1 heterocycles. The molecule has 0 saturated heterocycles. The number of hydrogen-bond donors (Lipinski definition) is 2. The molecule has 1 aliphatic heterocycles. The molecule has 0 saturated carbocycles. The molecule has 2 N–H and O–H groups in total. The quantitative estimate of drug-likeness (QED) is 0.266. The average Bonchev–Trinajstić information content (AvgIpc) is 3.32. The van der Waals surface area contributed by atoms with Gasteiger partial charge in [-0.2, -0.15) is 5.26 Å². The van der Waals surface area contributed by atoms with Crippen molar-refractivity contribution in [3.8, 4) is 11.8 Å². The van der Waals surface area contributed by atoms with Gasteiger partial charge in [0, 0.05) is 17.9 Å². The Morgan fingerprint density at radius 2 is 1.72 bits per heavy atom. The van der Waals surface area contributed by atoms with E-state index in [0.717, 1.165) is 68.6 Å². The van der Waals surface area contributed by atoms with Crippen LogP contribution in [0.15, 0.2) is 121 Å². The molecule has 0 spiro atoms. The first-order valence-electron chi connectivity index (χ1n) is 17.4. The van der Waals surface area contributed by atoms with E-state index in [4.69, 9.17) is 11.3 Å². The minimum atomic E-state index is -0.0797. The van der Waals surface area contributed by atoms with Gasteiger partial charge in [0.05, 0.1) is 25.1 Å². The van der Waals surface area contributed by atoms with Crippen LogP contribution >= 0.6 is 0 Å². The zero-order valence-corrected chi connectivity index (χ0v) is 29.7. The van der Waals surface area contributed by atoms with Crippen LogP contribution in [0.2, 0.25) is 0 Å². The molecule has 6 atom stereocenters. The third-order valence-corrected chi connectivity index (χ3v) is 9.91. The first-order valence-corrected chi connectivity index (χ1v) is 17.4. The van der Waals surface area contributed by atoms with Gasteiger partial charge < -0.3 is 15.4 Å². The summed E-state index contributed by atoms with van der Waals surface area (Å²) in [6, 6.07) is 10.8. The van der Waals surface area contributed by atoms with Gasteiger partial charge in [0.1, 0.15) is 5.75 Å². The molecular weight excluding hydrogens is 574 g/mol. The van der Waals surface area contributed by atoms with Gasteiger partial charge >= 0.3 is 0 Å². The van der Waals surface area contributed by atoms with E-state index in [1.807, 2.05) is 12.1 Å². The van der Waals surface area contributed by atoms with Crippen LogP contribution in [0.25, 0.3) is 0 Å².